The van der Waals surface area contributed by atoms with Gasteiger partial charge in [0.15, 0.2) is 0 Å². The van der Waals surface area contributed by atoms with E-state index in [1.54, 1.807) is 0 Å². The Morgan fingerprint density at radius 3 is 3.14 bits per heavy atom. The van der Waals surface area contributed by atoms with Crippen LogP contribution in [-0.4, -0.2) is 13.6 Å². The molecular formula is C12H16BrN. The summed E-state index contributed by atoms with van der Waals surface area (Å²) in [4.78, 5) is 0. The minimum atomic E-state index is 0.694. The Hall–Kier alpha value is -0.340. The normalized spacial score (nSPS) is 20.6. The van der Waals surface area contributed by atoms with Crippen molar-refractivity contribution in [3.63, 3.8) is 0 Å². The number of hydrogen-bond acceptors (Lipinski definition) is 1. The van der Waals surface area contributed by atoms with Gasteiger partial charge in [-0.25, -0.2) is 0 Å². The first-order chi connectivity index (χ1) is 6.83. The Balaban J connectivity index is 2.36. The molecule has 0 aromatic heterocycles. The first kappa shape index (κ1) is 10.2. The summed E-state index contributed by atoms with van der Waals surface area (Å²) in [7, 11) is 2.03. The lowest BCUT2D eigenvalue weighted by Gasteiger charge is -2.26. The van der Waals surface area contributed by atoms with Crippen molar-refractivity contribution in [3.05, 3.63) is 33.8 Å². The highest BCUT2D eigenvalue weighted by atomic mass is 79.9. The van der Waals surface area contributed by atoms with Gasteiger partial charge in [0.1, 0.15) is 0 Å². The summed E-state index contributed by atoms with van der Waals surface area (Å²) >= 11 is 3.66. The zero-order valence-electron chi connectivity index (χ0n) is 8.52. The quantitative estimate of drug-likeness (QED) is 0.855. The van der Waals surface area contributed by atoms with Crippen molar-refractivity contribution >= 4 is 15.9 Å². The van der Waals surface area contributed by atoms with Crippen molar-refractivity contribution in [2.24, 2.45) is 0 Å². The first-order valence-corrected chi connectivity index (χ1v) is 6.04. The molecule has 1 aliphatic rings. The molecule has 1 N–H and O–H groups in total. The van der Waals surface area contributed by atoms with E-state index in [1.165, 1.54) is 34.9 Å². The minimum absolute atomic E-state index is 0.694. The van der Waals surface area contributed by atoms with E-state index in [-0.39, 0.29) is 0 Å². The molecular weight excluding hydrogens is 238 g/mol. The smallest absolute Gasteiger partial charge is 0.0213 e. The summed E-state index contributed by atoms with van der Waals surface area (Å²) in [6.45, 7) is 1.09. The molecule has 1 atom stereocenters. The van der Waals surface area contributed by atoms with E-state index in [0.717, 1.165) is 6.54 Å². The zero-order chi connectivity index (χ0) is 9.97. The lowest BCUT2D eigenvalue weighted by Crippen LogP contribution is -2.21. The summed E-state index contributed by atoms with van der Waals surface area (Å²) in [5.41, 5.74) is 3.07. The summed E-state index contributed by atoms with van der Waals surface area (Å²) in [6, 6.07) is 6.57. The number of halogens is 1. The van der Waals surface area contributed by atoms with Gasteiger partial charge in [-0.3, -0.25) is 0 Å². The molecule has 1 nitrogen and oxygen atoms in total. The molecule has 1 aliphatic carbocycles. The highest BCUT2D eigenvalue weighted by Gasteiger charge is 2.21. The summed E-state index contributed by atoms with van der Waals surface area (Å²) in [5.74, 6) is 0.694. The van der Waals surface area contributed by atoms with Crippen LogP contribution in [0.15, 0.2) is 22.7 Å². The second-order valence-corrected chi connectivity index (χ2v) is 4.81. The van der Waals surface area contributed by atoms with Gasteiger partial charge in [-0.1, -0.05) is 28.1 Å². The molecule has 0 heterocycles. The van der Waals surface area contributed by atoms with E-state index in [9.17, 15) is 0 Å². The molecule has 0 bridgehead atoms. The van der Waals surface area contributed by atoms with Gasteiger partial charge in [0.05, 0.1) is 0 Å². The number of rotatable bonds is 2. The fourth-order valence-corrected chi connectivity index (χ4v) is 3.12. The Morgan fingerprint density at radius 2 is 2.36 bits per heavy atom. The zero-order valence-corrected chi connectivity index (χ0v) is 10.1. The summed E-state index contributed by atoms with van der Waals surface area (Å²) in [6.07, 6.45) is 3.89. The summed E-state index contributed by atoms with van der Waals surface area (Å²) in [5, 5.41) is 3.28. The van der Waals surface area contributed by atoms with Gasteiger partial charge in [-0.05, 0) is 49.4 Å². The Morgan fingerprint density at radius 1 is 1.50 bits per heavy atom. The SMILES string of the molecule is CNCC1CCCc2cccc(Br)c21. The number of aryl methyl sites for hydroxylation is 1. The molecule has 0 aliphatic heterocycles. The second kappa shape index (κ2) is 4.45. The largest absolute Gasteiger partial charge is 0.319 e. The van der Waals surface area contributed by atoms with Crippen molar-refractivity contribution < 1.29 is 0 Å². The lowest BCUT2D eigenvalue weighted by atomic mass is 9.83. The van der Waals surface area contributed by atoms with Crippen LogP contribution >= 0.6 is 15.9 Å². The van der Waals surface area contributed by atoms with Crippen LogP contribution in [0.5, 0.6) is 0 Å². The van der Waals surface area contributed by atoms with Gasteiger partial charge in [-0.15, -0.1) is 0 Å². The van der Waals surface area contributed by atoms with Crippen LogP contribution in [-0.2, 0) is 6.42 Å². The topological polar surface area (TPSA) is 12.0 Å². The van der Waals surface area contributed by atoms with Crippen LogP contribution < -0.4 is 5.32 Å². The first-order valence-electron chi connectivity index (χ1n) is 5.25. The van der Waals surface area contributed by atoms with Crippen LogP contribution in [0.4, 0.5) is 0 Å². The number of likely N-dealkylation sites (N-methyl/N-ethyl adjacent to an activating group) is 1. The molecule has 2 heteroatoms. The third-order valence-electron chi connectivity index (χ3n) is 3.00. The van der Waals surface area contributed by atoms with Gasteiger partial charge >= 0.3 is 0 Å². The standard InChI is InChI=1S/C12H16BrN/c1-14-8-10-6-2-4-9-5-3-7-11(13)12(9)10/h3,5,7,10,14H,2,4,6,8H2,1H3. The van der Waals surface area contributed by atoms with Gasteiger partial charge in [0.2, 0.25) is 0 Å². The van der Waals surface area contributed by atoms with Crippen molar-refractivity contribution in [1.29, 1.82) is 0 Å². The van der Waals surface area contributed by atoms with Gasteiger partial charge < -0.3 is 5.32 Å². The molecule has 0 saturated heterocycles. The molecule has 1 unspecified atom stereocenters. The third kappa shape index (κ3) is 1.86. The molecule has 0 amide bonds. The Labute approximate surface area is 94.0 Å². The predicted molar refractivity (Wildman–Crippen MR) is 63.7 cm³/mol. The molecule has 14 heavy (non-hydrogen) atoms. The monoisotopic (exact) mass is 253 g/mol. The lowest BCUT2D eigenvalue weighted by molar-refractivity contribution is 0.527. The van der Waals surface area contributed by atoms with Crippen LogP contribution in [0.3, 0.4) is 0 Å². The molecule has 0 fully saturated rings. The molecule has 0 saturated carbocycles. The van der Waals surface area contributed by atoms with E-state index in [2.05, 4.69) is 39.4 Å². The van der Waals surface area contributed by atoms with Crippen molar-refractivity contribution in [2.45, 2.75) is 25.2 Å². The fourth-order valence-electron chi connectivity index (χ4n) is 2.39. The van der Waals surface area contributed by atoms with Crippen LogP contribution in [0.1, 0.15) is 29.9 Å². The maximum atomic E-state index is 3.66. The number of hydrogen-bond donors (Lipinski definition) is 1. The highest BCUT2D eigenvalue weighted by molar-refractivity contribution is 9.10. The highest BCUT2D eigenvalue weighted by Crippen LogP contribution is 2.35. The van der Waals surface area contributed by atoms with Crippen LogP contribution in [0.2, 0.25) is 0 Å². The van der Waals surface area contributed by atoms with E-state index >= 15 is 0 Å². The van der Waals surface area contributed by atoms with Crippen molar-refractivity contribution in [2.75, 3.05) is 13.6 Å². The van der Waals surface area contributed by atoms with E-state index < -0.39 is 0 Å². The van der Waals surface area contributed by atoms with Crippen LogP contribution in [0.25, 0.3) is 0 Å². The number of benzene rings is 1. The summed E-state index contributed by atoms with van der Waals surface area (Å²) < 4.78 is 1.29. The number of fused-ring (bicyclic) bond motifs is 1. The van der Waals surface area contributed by atoms with Gasteiger partial charge in [-0.2, -0.15) is 0 Å². The van der Waals surface area contributed by atoms with Crippen molar-refractivity contribution in [1.82, 2.24) is 5.32 Å². The minimum Gasteiger partial charge on any atom is -0.319 e. The second-order valence-electron chi connectivity index (χ2n) is 3.96. The average Bonchev–Trinajstić information content (AvgIpc) is 2.19. The maximum Gasteiger partial charge on any atom is 0.0213 e. The molecule has 1 aromatic carbocycles. The molecule has 76 valence electrons. The molecule has 0 spiro atoms. The maximum absolute atomic E-state index is 3.66. The predicted octanol–water partition coefficient (Wildman–Crippen LogP) is 3.09. The molecule has 1 aromatic rings. The fraction of sp³-hybridized carbons (Fsp3) is 0.500. The van der Waals surface area contributed by atoms with E-state index in [1.807, 2.05) is 7.05 Å². The Bertz CT molecular complexity index is 322. The van der Waals surface area contributed by atoms with Gasteiger partial charge in [0.25, 0.3) is 0 Å². The van der Waals surface area contributed by atoms with Gasteiger partial charge in [0, 0.05) is 11.0 Å². The average molecular weight is 254 g/mol. The third-order valence-corrected chi connectivity index (χ3v) is 3.69. The number of nitrogens with one attached hydrogen (secondary N) is 1. The van der Waals surface area contributed by atoms with Crippen LogP contribution in [0, 0.1) is 0 Å². The van der Waals surface area contributed by atoms with E-state index in [0.29, 0.717) is 5.92 Å². The molecule has 2 rings (SSSR count). The molecule has 0 radical (unpaired) electrons. The van der Waals surface area contributed by atoms with Crippen molar-refractivity contribution in [3.8, 4) is 0 Å². The Kier molecular flexibility index (Phi) is 3.24. The van der Waals surface area contributed by atoms with E-state index in [4.69, 9.17) is 0 Å².